The standard InChI is InChI=1S/C11H24OSi/c1-7-8-9-10-13(6,12-5)11(2,3)4/h9-10H,7-8H2,1-6H3. The Morgan fingerprint density at radius 1 is 1.31 bits per heavy atom. The number of hydrogen-bond donors (Lipinski definition) is 0. The number of allylic oxidation sites excluding steroid dienone is 1. The number of hydrogen-bond acceptors (Lipinski definition) is 1. The van der Waals surface area contributed by atoms with E-state index < -0.39 is 8.32 Å². The van der Waals surface area contributed by atoms with Gasteiger partial charge in [0.2, 0.25) is 8.32 Å². The zero-order valence-electron chi connectivity index (χ0n) is 9.98. The van der Waals surface area contributed by atoms with Crippen LogP contribution in [0.3, 0.4) is 0 Å². The fourth-order valence-corrected chi connectivity index (χ4v) is 2.96. The van der Waals surface area contributed by atoms with Crippen LogP contribution in [0.5, 0.6) is 0 Å². The minimum Gasteiger partial charge on any atom is -0.416 e. The van der Waals surface area contributed by atoms with Gasteiger partial charge in [0.15, 0.2) is 0 Å². The third-order valence-electron chi connectivity index (χ3n) is 2.80. The summed E-state index contributed by atoms with van der Waals surface area (Å²) in [7, 11) is 0.198. The molecule has 0 heterocycles. The van der Waals surface area contributed by atoms with Gasteiger partial charge in [-0.15, -0.1) is 0 Å². The normalized spacial score (nSPS) is 17.7. The van der Waals surface area contributed by atoms with Crippen molar-refractivity contribution in [2.45, 2.75) is 52.1 Å². The summed E-state index contributed by atoms with van der Waals surface area (Å²) in [5.41, 5.74) is 2.33. The summed E-state index contributed by atoms with van der Waals surface area (Å²) in [5, 5.41) is 0.284. The second kappa shape index (κ2) is 4.96. The van der Waals surface area contributed by atoms with Gasteiger partial charge in [0.1, 0.15) is 0 Å². The third kappa shape index (κ3) is 3.65. The van der Waals surface area contributed by atoms with Gasteiger partial charge in [-0.1, -0.05) is 45.9 Å². The topological polar surface area (TPSA) is 9.23 Å². The summed E-state index contributed by atoms with van der Waals surface area (Å²) >= 11 is 0. The minimum absolute atomic E-state index is 0.284. The van der Waals surface area contributed by atoms with Crippen LogP contribution in [0.2, 0.25) is 11.6 Å². The summed E-state index contributed by atoms with van der Waals surface area (Å²) < 4.78 is 5.70. The van der Waals surface area contributed by atoms with Gasteiger partial charge < -0.3 is 4.43 Å². The Labute approximate surface area is 84.3 Å². The molecule has 0 radical (unpaired) electrons. The Morgan fingerprint density at radius 3 is 2.15 bits per heavy atom. The molecule has 0 aromatic rings. The van der Waals surface area contributed by atoms with E-state index in [0.717, 1.165) is 0 Å². The van der Waals surface area contributed by atoms with Crippen LogP contribution >= 0.6 is 0 Å². The third-order valence-corrected chi connectivity index (χ3v) is 7.50. The molecule has 13 heavy (non-hydrogen) atoms. The molecule has 0 fully saturated rings. The largest absolute Gasteiger partial charge is 0.416 e. The Hall–Kier alpha value is -0.0831. The van der Waals surface area contributed by atoms with Crippen LogP contribution in [-0.4, -0.2) is 15.4 Å². The molecule has 0 aliphatic rings. The summed E-state index contributed by atoms with van der Waals surface area (Å²) in [5.74, 6) is 0. The second-order valence-electron chi connectivity index (χ2n) is 4.75. The van der Waals surface area contributed by atoms with Gasteiger partial charge in [-0.3, -0.25) is 0 Å². The van der Waals surface area contributed by atoms with Gasteiger partial charge in [0.05, 0.1) is 0 Å². The van der Waals surface area contributed by atoms with Crippen LogP contribution in [-0.2, 0) is 4.43 Å². The molecule has 0 aliphatic heterocycles. The van der Waals surface area contributed by atoms with Crippen molar-refractivity contribution in [1.29, 1.82) is 0 Å². The molecule has 78 valence electrons. The SMILES string of the molecule is CCCC=C[Si](C)(OC)C(C)(C)C. The first-order valence-corrected chi connectivity index (χ1v) is 7.59. The van der Waals surface area contributed by atoms with E-state index in [4.69, 9.17) is 4.43 Å². The summed E-state index contributed by atoms with van der Waals surface area (Å²) in [6.07, 6.45) is 4.66. The molecule has 0 saturated heterocycles. The highest BCUT2D eigenvalue weighted by Gasteiger charge is 2.38. The lowest BCUT2D eigenvalue weighted by Gasteiger charge is -2.35. The van der Waals surface area contributed by atoms with Gasteiger partial charge >= 0.3 is 0 Å². The first kappa shape index (κ1) is 12.9. The number of rotatable bonds is 4. The first-order chi connectivity index (χ1) is 5.87. The number of unbranched alkanes of at least 4 members (excludes halogenated alkanes) is 1. The molecule has 0 N–H and O–H groups in total. The molecule has 1 atom stereocenters. The highest BCUT2D eigenvalue weighted by atomic mass is 28.4. The van der Waals surface area contributed by atoms with Crippen molar-refractivity contribution in [3.8, 4) is 0 Å². The van der Waals surface area contributed by atoms with Crippen LogP contribution in [0.15, 0.2) is 11.8 Å². The predicted octanol–water partition coefficient (Wildman–Crippen LogP) is 3.90. The molecule has 1 nitrogen and oxygen atoms in total. The molecule has 0 rings (SSSR count). The van der Waals surface area contributed by atoms with E-state index in [-0.39, 0.29) is 5.04 Å². The van der Waals surface area contributed by atoms with Crippen molar-refractivity contribution in [1.82, 2.24) is 0 Å². The molecule has 2 heteroatoms. The lowest BCUT2D eigenvalue weighted by atomic mass is 10.2. The van der Waals surface area contributed by atoms with E-state index >= 15 is 0 Å². The zero-order valence-corrected chi connectivity index (χ0v) is 11.0. The molecule has 0 saturated carbocycles. The molecule has 0 bridgehead atoms. The Kier molecular flexibility index (Phi) is 4.93. The lowest BCUT2D eigenvalue weighted by molar-refractivity contribution is 0.378. The highest BCUT2D eigenvalue weighted by Crippen LogP contribution is 2.37. The second-order valence-corrected chi connectivity index (χ2v) is 9.21. The Morgan fingerprint density at radius 2 is 1.85 bits per heavy atom. The maximum Gasteiger partial charge on any atom is 0.218 e. The maximum absolute atomic E-state index is 5.70. The van der Waals surface area contributed by atoms with E-state index in [2.05, 4.69) is 46.0 Å². The molecule has 0 amide bonds. The monoisotopic (exact) mass is 200 g/mol. The molecule has 0 spiro atoms. The van der Waals surface area contributed by atoms with E-state index in [1.807, 2.05) is 7.11 Å². The summed E-state index contributed by atoms with van der Waals surface area (Å²) in [4.78, 5) is 0. The fraction of sp³-hybridized carbons (Fsp3) is 0.818. The van der Waals surface area contributed by atoms with Crippen molar-refractivity contribution < 1.29 is 4.43 Å². The quantitative estimate of drug-likeness (QED) is 0.625. The smallest absolute Gasteiger partial charge is 0.218 e. The van der Waals surface area contributed by atoms with Crippen molar-refractivity contribution in [2.75, 3.05) is 7.11 Å². The maximum atomic E-state index is 5.70. The zero-order chi connectivity index (χ0) is 10.5. The Balaban J connectivity index is 4.46. The molecule has 0 aliphatic carbocycles. The molecular formula is C11H24OSi. The van der Waals surface area contributed by atoms with E-state index in [1.54, 1.807) is 0 Å². The van der Waals surface area contributed by atoms with Crippen molar-refractivity contribution in [3.05, 3.63) is 11.8 Å². The van der Waals surface area contributed by atoms with Gasteiger partial charge in [0, 0.05) is 7.11 Å². The summed E-state index contributed by atoms with van der Waals surface area (Å²) in [6, 6.07) is 0. The van der Waals surface area contributed by atoms with E-state index in [9.17, 15) is 0 Å². The van der Waals surface area contributed by atoms with Gasteiger partial charge in [0.25, 0.3) is 0 Å². The molecule has 0 aromatic carbocycles. The van der Waals surface area contributed by atoms with E-state index in [0.29, 0.717) is 0 Å². The van der Waals surface area contributed by atoms with E-state index in [1.165, 1.54) is 12.8 Å². The first-order valence-electron chi connectivity index (χ1n) is 5.10. The van der Waals surface area contributed by atoms with Crippen molar-refractivity contribution in [3.63, 3.8) is 0 Å². The molecular weight excluding hydrogens is 176 g/mol. The van der Waals surface area contributed by atoms with Crippen LogP contribution in [0.4, 0.5) is 0 Å². The highest BCUT2D eigenvalue weighted by molar-refractivity contribution is 6.80. The minimum atomic E-state index is -1.64. The van der Waals surface area contributed by atoms with Gasteiger partial charge in [-0.2, -0.15) is 0 Å². The summed E-state index contributed by atoms with van der Waals surface area (Å²) in [6.45, 7) is 11.3. The predicted molar refractivity (Wildman–Crippen MR) is 62.4 cm³/mol. The van der Waals surface area contributed by atoms with Crippen LogP contribution < -0.4 is 0 Å². The van der Waals surface area contributed by atoms with Crippen LogP contribution in [0.25, 0.3) is 0 Å². The average Bonchev–Trinajstić information content (AvgIpc) is 2.02. The molecule has 0 aromatic heterocycles. The van der Waals surface area contributed by atoms with Crippen LogP contribution in [0, 0.1) is 0 Å². The van der Waals surface area contributed by atoms with Crippen LogP contribution in [0.1, 0.15) is 40.5 Å². The molecule has 1 unspecified atom stereocenters. The van der Waals surface area contributed by atoms with Gasteiger partial charge in [-0.05, 0) is 18.0 Å². The lowest BCUT2D eigenvalue weighted by Crippen LogP contribution is -2.41. The van der Waals surface area contributed by atoms with Crippen molar-refractivity contribution >= 4 is 8.32 Å². The van der Waals surface area contributed by atoms with Gasteiger partial charge in [-0.25, -0.2) is 0 Å². The average molecular weight is 200 g/mol. The van der Waals surface area contributed by atoms with Crippen molar-refractivity contribution in [2.24, 2.45) is 0 Å². The Bertz CT molecular complexity index is 169. The fourth-order valence-electron chi connectivity index (χ4n) is 1.10.